The lowest BCUT2D eigenvalue weighted by Gasteiger charge is -2.17. The summed E-state index contributed by atoms with van der Waals surface area (Å²) < 4.78 is 5.50. The van der Waals surface area contributed by atoms with E-state index in [4.69, 9.17) is 4.42 Å². The lowest BCUT2D eigenvalue weighted by Crippen LogP contribution is -2.34. The number of carbonyl (C=O) groups excluding carboxylic acids is 1. The first-order valence-electron chi connectivity index (χ1n) is 7.06. The number of aryl methyl sites for hydroxylation is 2. The van der Waals surface area contributed by atoms with E-state index in [2.05, 4.69) is 17.9 Å². The number of nitrogens with one attached hydrogen (secondary N) is 1. The number of amides is 1. The quantitative estimate of drug-likeness (QED) is 0.829. The van der Waals surface area contributed by atoms with Crippen molar-refractivity contribution in [1.29, 1.82) is 0 Å². The molecule has 0 fully saturated rings. The number of hydrogen-bond acceptors (Lipinski definition) is 3. The van der Waals surface area contributed by atoms with E-state index >= 15 is 0 Å². The first kappa shape index (κ1) is 15.7. The molecule has 0 aliphatic rings. The second kappa shape index (κ2) is 6.85. The highest BCUT2D eigenvalue weighted by Gasteiger charge is 2.19. The minimum atomic E-state index is -0.358. The van der Waals surface area contributed by atoms with Crippen LogP contribution in [0.1, 0.15) is 35.6 Å². The van der Waals surface area contributed by atoms with E-state index in [0.29, 0.717) is 6.42 Å². The molecule has 21 heavy (non-hydrogen) atoms. The van der Waals surface area contributed by atoms with Crippen LogP contribution in [0.5, 0.6) is 0 Å². The molecule has 1 amide bonds. The molecule has 0 saturated heterocycles. The Morgan fingerprint density at radius 2 is 1.95 bits per heavy atom. The molecule has 1 N–H and O–H groups in total. The van der Waals surface area contributed by atoms with Gasteiger partial charge in [0.15, 0.2) is 0 Å². The molecule has 2 aromatic rings. The van der Waals surface area contributed by atoms with E-state index in [1.54, 1.807) is 0 Å². The van der Waals surface area contributed by atoms with Gasteiger partial charge in [-0.3, -0.25) is 4.79 Å². The van der Waals surface area contributed by atoms with Crippen molar-refractivity contribution in [3.8, 4) is 0 Å². The van der Waals surface area contributed by atoms with Gasteiger partial charge < -0.3 is 9.73 Å². The second-order valence-corrected chi connectivity index (χ2v) is 5.93. The van der Waals surface area contributed by atoms with Crippen molar-refractivity contribution in [2.24, 2.45) is 0 Å². The van der Waals surface area contributed by atoms with Gasteiger partial charge in [-0.2, -0.15) is 12.6 Å². The van der Waals surface area contributed by atoms with Crippen molar-refractivity contribution in [1.82, 2.24) is 5.32 Å². The summed E-state index contributed by atoms with van der Waals surface area (Å²) in [5, 5.41) is 2.64. The molecular formula is C17H21NO2S. The molecule has 1 heterocycles. The normalized spacial score (nSPS) is 13.7. The fraction of sp³-hybridized carbons (Fsp3) is 0.353. The van der Waals surface area contributed by atoms with Crippen molar-refractivity contribution in [3.05, 3.63) is 59.0 Å². The molecular weight excluding hydrogens is 282 g/mol. The molecule has 1 aromatic heterocycles. The average Bonchev–Trinajstić information content (AvgIpc) is 2.78. The summed E-state index contributed by atoms with van der Waals surface area (Å²) >= 11 is 4.42. The van der Waals surface area contributed by atoms with Crippen LogP contribution in [0.15, 0.2) is 40.8 Å². The molecule has 112 valence electrons. The number of benzene rings is 1. The third-order valence-corrected chi connectivity index (χ3v) is 3.90. The first-order chi connectivity index (χ1) is 9.97. The summed E-state index contributed by atoms with van der Waals surface area (Å²) in [5.41, 5.74) is 2.12. The molecule has 2 rings (SSSR count). The Bertz CT molecular complexity index is 607. The van der Waals surface area contributed by atoms with E-state index in [9.17, 15) is 4.79 Å². The predicted molar refractivity (Wildman–Crippen MR) is 87.7 cm³/mol. The van der Waals surface area contributed by atoms with Crippen LogP contribution in [0.25, 0.3) is 0 Å². The fourth-order valence-corrected chi connectivity index (χ4v) is 2.68. The van der Waals surface area contributed by atoms with Crippen LogP contribution in [-0.2, 0) is 11.2 Å². The van der Waals surface area contributed by atoms with Crippen molar-refractivity contribution >= 4 is 18.5 Å². The molecule has 0 saturated carbocycles. The summed E-state index contributed by atoms with van der Waals surface area (Å²) in [6, 6.07) is 11.8. The zero-order valence-electron chi connectivity index (χ0n) is 12.6. The highest BCUT2D eigenvalue weighted by Crippen LogP contribution is 2.21. The molecule has 2 unspecified atom stereocenters. The SMILES string of the molecule is Cc1cc(C(C)NC(=O)C(S)Cc2ccccc2)c(C)o1. The van der Waals surface area contributed by atoms with E-state index in [1.165, 1.54) is 0 Å². The van der Waals surface area contributed by atoms with Gasteiger partial charge in [0.05, 0.1) is 11.3 Å². The van der Waals surface area contributed by atoms with Crippen LogP contribution in [0.3, 0.4) is 0 Å². The minimum absolute atomic E-state index is 0.0621. The van der Waals surface area contributed by atoms with Crippen molar-refractivity contribution in [2.45, 2.75) is 38.5 Å². The van der Waals surface area contributed by atoms with Crippen LogP contribution >= 0.6 is 12.6 Å². The maximum Gasteiger partial charge on any atom is 0.233 e. The Labute approximate surface area is 131 Å². The predicted octanol–water partition coefficient (Wildman–Crippen LogP) is 3.61. The maximum atomic E-state index is 12.2. The van der Waals surface area contributed by atoms with E-state index in [1.807, 2.05) is 57.2 Å². The van der Waals surface area contributed by atoms with Crippen molar-refractivity contribution in [2.75, 3.05) is 0 Å². The number of thiol groups is 1. The van der Waals surface area contributed by atoms with E-state index in [0.717, 1.165) is 22.6 Å². The molecule has 3 nitrogen and oxygen atoms in total. The summed E-state index contributed by atoms with van der Waals surface area (Å²) in [5.74, 6) is 1.64. The maximum absolute atomic E-state index is 12.2. The molecule has 0 radical (unpaired) electrons. The third-order valence-electron chi connectivity index (χ3n) is 3.48. The van der Waals surface area contributed by atoms with Gasteiger partial charge in [0.1, 0.15) is 11.5 Å². The Balaban J connectivity index is 1.96. The van der Waals surface area contributed by atoms with Crippen LogP contribution in [0.2, 0.25) is 0 Å². The van der Waals surface area contributed by atoms with Crippen LogP contribution in [-0.4, -0.2) is 11.2 Å². The van der Waals surface area contributed by atoms with Gasteiger partial charge in [-0.25, -0.2) is 0 Å². The van der Waals surface area contributed by atoms with Gasteiger partial charge in [-0.1, -0.05) is 30.3 Å². The number of hydrogen-bond donors (Lipinski definition) is 2. The number of carbonyl (C=O) groups is 1. The van der Waals surface area contributed by atoms with Crippen molar-refractivity contribution in [3.63, 3.8) is 0 Å². The average molecular weight is 303 g/mol. The van der Waals surface area contributed by atoms with Crippen LogP contribution in [0.4, 0.5) is 0 Å². The third kappa shape index (κ3) is 4.14. The van der Waals surface area contributed by atoms with Gasteiger partial charge in [0, 0.05) is 5.56 Å². The minimum Gasteiger partial charge on any atom is -0.466 e. The van der Waals surface area contributed by atoms with Gasteiger partial charge >= 0.3 is 0 Å². The standard InChI is InChI=1S/C17H21NO2S/c1-11-9-15(13(3)20-11)12(2)18-17(19)16(21)10-14-7-5-4-6-8-14/h4-9,12,16,21H,10H2,1-3H3,(H,18,19). The molecule has 0 aliphatic carbocycles. The number of furan rings is 1. The van der Waals surface area contributed by atoms with Gasteiger partial charge in [0.2, 0.25) is 5.91 Å². The summed E-state index contributed by atoms with van der Waals surface area (Å²) in [7, 11) is 0. The zero-order valence-corrected chi connectivity index (χ0v) is 13.5. The summed E-state index contributed by atoms with van der Waals surface area (Å²) in [6.07, 6.45) is 0.617. The van der Waals surface area contributed by atoms with Crippen LogP contribution < -0.4 is 5.32 Å². The monoisotopic (exact) mass is 303 g/mol. The van der Waals surface area contributed by atoms with E-state index < -0.39 is 0 Å². The largest absolute Gasteiger partial charge is 0.466 e. The molecule has 0 bridgehead atoms. The van der Waals surface area contributed by atoms with Gasteiger partial charge in [-0.05, 0) is 38.8 Å². The Morgan fingerprint density at radius 3 is 2.52 bits per heavy atom. The Kier molecular flexibility index (Phi) is 5.12. The van der Waals surface area contributed by atoms with Crippen molar-refractivity contribution < 1.29 is 9.21 Å². The highest BCUT2D eigenvalue weighted by atomic mass is 32.1. The molecule has 0 aliphatic heterocycles. The Morgan fingerprint density at radius 1 is 1.29 bits per heavy atom. The fourth-order valence-electron chi connectivity index (χ4n) is 2.40. The zero-order chi connectivity index (χ0) is 15.4. The van der Waals surface area contributed by atoms with Gasteiger partial charge in [-0.15, -0.1) is 0 Å². The molecule has 1 aromatic carbocycles. The lowest BCUT2D eigenvalue weighted by atomic mass is 10.1. The molecule has 2 atom stereocenters. The van der Waals surface area contributed by atoms with Gasteiger partial charge in [0.25, 0.3) is 0 Å². The molecule has 0 spiro atoms. The summed E-state index contributed by atoms with van der Waals surface area (Å²) in [4.78, 5) is 12.2. The highest BCUT2D eigenvalue weighted by molar-refractivity contribution is 7.81. The summed E-state index contributed by atoms with van der Waals surface area (Å²) in [6.45, 7) is 5.77. The Hall–Kier alpha value is -1.68. The molecule has 4 heteroatoms. The topological polar surface area (TPSA) is 42.2 Å². The lowest BCUT2D eigenvalue weighted by molar-refractivity contribution is -0.121. The van der Waals surface area contributed by atoms with Crippen LogP contribution in [0, 0.1) is 13.8 Å². The van der Waals surface area contributed by atoms with E-state index in [-0.39, 0.29) is 17.2 Å². The first-order valence-corrected chi connectivity index (χ1v) is 7.58. The second-order valence-electron chi connectivity index (χ2n) is 5.30. The smallest absolute Gasteiger partial charge is 0.233 e. The number of rotatable bonds is 5.